The highest BCUT2D eigenvalue weighted by Gasteiger charge is 2.16. The zero-order chi connectivity index (χ0) is 13.2. The van der Waals surface area contributed by atoms with Crippen LogP contribution in [0.3, 0.4) is 0 Å². The number of hydrogen-bond donors (Lipinski definition) is 0. The lowest BCUT2D eigenvalue weighted by atomic mass is 10.1. The summed E-state index contributed by atoms with van der Waals surface area (Å²) < 4.78 is 13.5. The van der Waals surface area contributed by atoms with Crippen LogP contribution in [0.15, 0.2) is 17.0 Å². The summed E-state index contributed by atoms with van der Waals surface area (Å²) in [6, 6.07) is 3.13. The Morgan fingerprint density at radius 2 is 1.88 bits per heavy atom. The topological polar surface area (TPSA) is 17.1 Å². The Morgan fingerprint density at radius 1 is 1.29 bits per heavy atom. The van der Waals surface area contributed by atoms with Gasteiger partial charge in [-0.3, -0.25) is 4.79 Å². The van der Waals surface area contributed by atoms with E-state index in [1.807, 2.05) is 0 Å². The molecule has 0 fully saturated rings. The number of thioether (sulfide) groups is 1. The van der Waals surface area contributed by atoms with Crippen molar-refractivity contribution in [3.8, 4) is 0 Å². The van der Waals surface area contributed by atoms with Crippen LogP contribution in [0.5, 0.6) is 0 Å². The standard InChI is InChI=1S/C14H19FOS/c1-8(2)11(5)17-14-6-9(3)13(15)7-12(14)10(4)16/h6-8,11H,1-5H3. The third-order valence-electron chi connectivity index (χ3n) is 2.89. The monoisotopic (exact) mass is 254 g/mol. The predicted molar refractivity (Wildman–Crippen MR) is 71.3 cm³/mol. The van der Waals surface area contributed by atoms with Gasteiger partial charge in [-0.15, -0.1) is 11.8 Å². The molecule has 1 aromatic rings. The first-order valence-corrected chi connectivity index (χ1v) is 6.68. The van der Waals surface area contributed by atoms with E-state index in [2.05, 4.69) is 20.8 Å². The maximum absolute atomic E-state index is 13.5. The van der Waals surface area contributed by atoms with Gasteiger partial charge in [0.2, 0.25) is 0 Å². The maximum atomic E-state index is 13.5. The number of ketones is 1. The van der Waals surface area contributed by atoms with Crippen LogP contribution >= 0.6 is 11.8 Å². The first kappa shape index (κ1) is 14.2. The fraction of sp³-hybridized carbons (Fsp3) is 0.500. The highest BCUT2D eigenvalue weighted by Crippen LogP contribution is 2.32. The molecule has 0 heterocycles. The first-order chi connectivity index (χ1) is 7.82. The summed E-state index contributed by atoms with van der Waals surface area (Å²) in [6.07, 6.45) is 0. The van der Waals surface area contributed by atoms with E-state index in [-0.39, 0.29) is 11.6 Å². The molecular weight excluding hydrogens is 235 g/mol. The lowest BCUT2D eigenvalue weighted by Crippen LogP contribution is -2.07. The molecule has 1 rings (SSSR count). The highest BCUT2D eigenvalue weighted by atomic mass is 32.2. The molecule has 0 aromatic heterocycles. The van der Waals surface area contributed by atoms with E-state index in [1.54, 1.807) is 24.8 Å². The van der Waals surface area contributed by atoms with Crippen molar-refractivity contribution in [2.45, 2.75) is 44.8 Å². The Hall–Kier alpha value is -0.830. The normalized spacial score (nSPS) is 12.9. The molecule has 0 bridgehead atoms. The van der Waals surface area contributed by atoms with Crippen molar-refractivity contribution in [2.24, 2.45) is 5.92 Å². The van der Waals surface area contributed by atoms with Crippen molar-refractivity contribution in [1.82, 2.24) is 0 Å². The van der Waals surface area contributed by atoms with Crippen molar-refractivity contribution in [2.75, 3.05) is 0 Å². The molecule has 0 spiro atoms. The zero-order valence-corrected chi connectivity index (χ0v) is 11.8. The molecule has 1 nitrogen and oxygen atoms in total. The van der Waals surface area contributed by atoms with Gasteiger partial charge in [-0.05, 0) is 37.5 Å². The maximum Gasteiger partial charge on any atom is 0.161 e. The van der Waals surface area contributed by atoms with Crippen LogP contribution in [0.4, 0.5) is 4.39 Å². The van der Waals surface area contributed by atoms with Gasteiger partial charge in [-0.2, -0.15) is 0 Å². The van der Waals surface area contributed by atoms with Crippen LogP contribution < -0.4 is 0 Å². The fourth-order valence-corrected chi connectivity index (χ4v) is 2.61. The Labute approximate surface area is 107 Å². The van der Waals surface area contributed by atoms with E-state index < -0.39 is 0 Å². The molecule has 0 amide bonds. The van der Waals surface area contributed by atoms with Crippen LogP contribution in [0.1, 0.15) is 43.6 Å². The van der Waals surface area contributed by atoms with Gasteiger partial charge < -0.3 is 0 Å². The summed E-state index contributed by atoms with van der Waals surface area (Å²) in [6.45, 7) is 9.61. The van der Waals surface area contributed by atoms with Crippen LogP contribution in [-0.2, 0) is 0 Å². The van der Waals surface area contributed by atoms with Gasteiger partial charge in [-0.25, -0.2) is 4.39 Å². The molecule has 0 aliphatic heterocycles. The molecule has 1 atom stereocenters. The smallest absolute Gasteiger partial charge is 0.161 e. The molecule has 17 heavy (non-hydrogen) atoms. The number of benzene rings is 1. The van der Waals surface area contributed by atoms with Gasteiger partial charge in [0.1, 0.15) is 5.82 Å². The largest absolute Gasteiger partial charge is 0.294 e. The summed E-state index contributed by atoms with van der Waals surface area (Å²) >= 11 is 1.64. The van der Waals surface area contributed by atoms with Gasteiger partial charge in [0.25, 0.3) is 0 Å². The third kappa shape index (κ3) is 3.56. The van der Waals surface area contributed by atoms with Crippen molar-refractivity contribution in [3.63, 3.8) is 0 Å². The van der Waals surface area contributed by atoms with E-state index >= 15 is 0 Å². The molecule has 94 valence electrons. The zero-order valence-electron chi connectivity index (χ0n) is 11.0. The second-order valence-electron chi connectivity index (χ2n) is 4.72. The molecule has 0 aliphatic carbocycles. The minimum absolute atomic E-state index is 0.0812. The quantitative estimate of drug-likeness (QED) is 0.582. The third-order valence-corrected chi connectivity index (χ3v) is 4.40. The predicted octanol–water partition coefficient (Wildman–Crippen LogP) is 4.47. The van der Waals surface area contributed by atoms with Crippen molar-refractivity contribution < 1.29 is 9.18 Å². The number of aryl methyl sites for hydroxylation is 1. The highest BCUT2D eigenvalue weighted by molar-refractivity contribution is 8.00. The number of Topliss-reactive ketones (excluding diaryl/α,β-unsaturated/α-hetero) is 1. The SMILES string of the molecule is CC(=O)c1cc(F)c(C)cc1SC(C)C(C)C. The molecule has 0 saturated heterocycles. The van der Waals surface area contributed by atoms with Crippen molar-refractivity contribution >= 4 is 17.5 Å². The molecule has 3 heteroatoms. The summed E-state index contributed by atoms with van der Waals surface area (Å²) in [4.78, 5) is 12.4. The number of carbonyl (C=O) groups excluding carboxylic acids is 1. The minimum Gasteiger partial charge on any atom is -0.294 e. The molecule has 0 radical (unpaired) electrons. The molecule has 0 aliphatic rings. The van der Waals surface area contributed by atoms with Crippen LogP contribution in [0.25, 0.3) is 0 Å². The van der Waals surface area contributed by atoms with E-state index in [1.165, 1.54) is 13.0 Å². The van der Waals surface area contributed by atoms with Crippen LogP contribution in [0, 0.1) is 18.7 Å². The Kier molecular flexibility index (Phi) is 4.75. The Morgan fingerprint density at radius 3 is 2.35 bits per heavy atom. The Bertz CT molecular complexity index is 426. The van der Waals surface area contributed by atoms with Crippen molar-refractivity contribution in [3.05, 3.63) is 29.1 Å². The number of halogens is 1. The summed E-state index contributed by atoms with van der Waals surface area (Å²) in [7, 11) is 0. The van der Waals surface area contributed by atoms with Gasteiger partial charge in [0.05, 0.1) is 0 Å². The lowest BCUT2D eigenvalue weighted by molar-refractivity contribution is 0.101. The Balaban J connectivity index is 3.13. The number of carbonyl (C=O) groups is 1. The number of rotatable bonds is 4. The summed E-state index contributed by atoms with van der Waals surface area (Å²) in [5.41, 5.74) is 1.08. The molecule has 0 saturated carbocycles. The van der Waals surface area contributed by atoms with E-state index in [4.69, 9.17) is 0 Å². The second kappa shape index (κ2) is 5.67. The molecule has 1 aromatic carbocycles. The fourth-order valence-electron chi connectivity index (χ4n) is 1.36. The molecule has 0 N–H and O–H groups in total. The van der Waals surface area contributed by atoms with E-state index in [0.29, 0.717) is 22.3 Å². The van der Waals surface area contributed by atoms with Gasteiger partial charge >= 0.3 is 0 Å². The van der Waals surface area contributed by atoms with E-state index in [9.17, 15) is 9.18 Å². The first-order valence-electron chi connectivity index (χ1n) is 5.80. The van der Waals surface area contributed by atoms with Crippen molar-refractivity contribution in [1.29, 1.82) is 0 Å². The minimum atomic E-state index is -0.309. The van der Waals surface area contributed by atoms with Crippen LogP contribution in [0.2, 0.25) is 0 Å². The van der Waals surface area contributed by atoms with Gasteiger partial charge in [0.15, 0.2) is 5.78 Å². The average molecular weight is 254 g/mol. The van der Waals surface area contributed by atoms with E-state index in [0.717, 1.165) is 4.90 Å². The summed E-state index contributed by atoms with van der Waals surface area (Å²) in [5.74, 6) is 0.129. The van der Waals surface area contributed by atoms with Gasteiger partial charge in [-0.1, -0.05) is 20.8 Å². The molecular formula is C14H19FOS. The lowest BCUT2D eigenvalue weighted by Gasteiger charge is -2.17. The molecule has 1 unspecified atom stereocenters. The van der Waals surface area contributed by atoms with Gasteiger partial charge in [0, 0.05) is 15.7 Å². The second-order valence-corrected chi connectivity index (χ2v) is 6.14. The average Bonchev–Trinajstić information content (AvgIpc) is 2.22. The van der Waals surface area contributed by atoms with Crippen LogP contribution in [-0.4, -0.2) is 11.0 Å². The number of hydrogen-bond acceptors (Lipinski definition) is 2. The summed E-state index contributed by atoms with van der Waals surface area (Å²) in [5, 5.41) is 0.401.